The molecule has 0 bridgehead atoms. The lowest BCUT2D eigenvalue weighted by atomic mass is 10.4. The van der Waals surface area contributed by atoms with Gasteiger partial charge in [-0.2, -0.15) is 0 Å². The molecular formula is C6H8NS. The van der Waals surface area contributed by atoms with E-state index in [0.717, 1.165) is 10.7 Å². The normalized spacial score (nSPS) is 9.88. The third-order valence-corrected chi connectivity index (χ3v) is 1.93. The maximum Gasteiger partial charge on any atom is 0.0900 e. The minimum atomic E-state index is 0.924. The Kier molecular flexibility index (Phi) is 1.34. The lowest BCUT2D eigenvalue weighted by molar-refractivity contribution is 1.24. The van der Waals surface area contributed by atoms with Crippen LogP contribution in [0, 0.1) is 20.8 Å². The number of nitrogens with zero attached hydrogens (tertiary/aromatic N) is 1. The van der Waals surface area contributed by atoms with Crippen molar-refractivity contribution in [3.8, 4) is 0 Å². The van der Waals surface area contributed by atoms with Gasteiger partial charge in [0.05, 0.1) is 10.7 Å². The molecule has 0 amide bonds. The van der Waals surface area contributed by atoms with E-state index in [1.54, 1.807) is 11.3 Å². The highest BCUT2D eigenvalue weighted by molar-refractivity contribution is 7.11. The van der Waals surface area contributed by atoms with Crippen LogP contribution in [0.1, 0.15) is 15.6 Å². The highest BCUT2D eigenvalue weighted by atomic mass is 32.1. The SMILES string of the molecule is [CH2]c1nc(C)sc1C. The number of rotatable bonds is 0. The molecule has 43 valence electrons. The van der Waals surface area contributed by atoms with E-state index in [-0.39, 0.29) is 0 Å². The summed E-state index contributed by atoms with van der Waals surface area (Å²) in [5.74, 6) is 0. The van der Waals surface area contributed by atoms with Crippen molar-refractivity contribution in [2.75, 3.05) is 0 Å². The minimum Gasteiger partial charge on any atom is -0.246 e. The van der Waals surface area contributed by atoms with Gasteiger partial charge in [-0.05, 0) is 20.8 Å². The Morgan fingerprint density at radius 2 is 2.12 bits per heavy atom. The number of aromatic nitrogens is 1. The molecule has 0 aliphatic heterocycles. The zero-order chi connectivity index (χ0) is 6.15. The molecular weight excluding hydrogens is 118 g/mol. The number of hydrogen-bond donors (Lipinski definition) is 0. The average molecular weight is 126 g/mol. The second-order valence-electron chi connectivity index (χ2n) is 1.74. The molecule has 0 aliphatic carbocycles. The van der Waals surface area contributed by atoms with Gasteiger partial charge in [0.15, 0.2) is 0 Å². The molecule has 1 aromatic heterocycles. The van der Waals surface area contributed by atoms with Crippen molar-refractivity contribution in [2.45, 2.75) is 13.8 Å². The quantitative estimate of drug-likeness (QED) is 0.517. The van der Waals surface area contributed by atoms with Crippen LogP contribution in [0.3, 0.4) is 0 Å². The largest absolute Gasteiger partial charge is 0.246 e. The first kappa shape index (κ1) is 5.76. The molecule has 0 unspecified atom stereocenters. The van der Waals surface area contributed by atoms with Crippen LogP contribution in [0.5, 0.6) is 0 Å². The fourth-order valence-electron chi connectivity index (χ4n) is 0.572. The molecule has 0 spiro atoms. The highest BCUT2D eigenvalue weighted by Gasteiger charge is 1.95. The van der Waals surface area contributed by atoms with E-state index in [1.165, 1.54) is 4.88 Å². The van der Waals surface area contributed by atoms with Gasteiger partial charge in [-0.1, -0.05) is 0 Å². The molecule has 1 nitrogen and oxygen atoms in total. The predicted molar refractivity (Wildman–Crippen MR) is 36.0 cm³/mol. The van der Waals surface area contributed by atoms with Crippen LogP contribution in [0.15, 0.2) is 0 Å². The van der Waals surface area contributed by atoms with Crippen molar-refractivity contribution in [1.29, 1.82) is 0 Å². The molecule has 1 aromatic rings. The summed E-state index contributed by atoms with van der Waals surface area (Å²) in [6.07, 6.45) is 0. The molecule has 0 N–H and O–H groups in total. The van der Waals surface area contributed by atoms with Gasteiger partial charge in [0.2, 0.25) is 0 Å². The molecule has 0 atom stereocenters. The van der Waals surface area contributed by atoms with Crippen LogP contribution >= 0.6 is 11.3 Å². The maximum absolute atomic E-state index is 4.12. The van der Waals surface area contributed by atoms with Crippen molar-refractivity contribution in [2.24, 2.45) is 0 Å². The summed E-state index contributed by atoms with van der Waals surface area (Å²) in [5, 5.41) is 1.10. The summed E-state index contributed by atoms with van der Waals surface area (Å²) in [4.78, 5) is 5.34. The van der Waals surface area contributed by atoms with Crippen LogP contribution in [-0.2, 0) is 0 Å². The van der Waals surface area contributed by atoms with Gasteiger partial charge in [0.1, 0.15) is 0 Å². The first-order valence-electron chi connectivity index (χ1n) is 2.46. The molecule has 1 rings (SSSR count). The maximum atomic E-state index is 4.12. The van der Waals surface area contributed by atoms with E-state index < -0.39 is 0 Å². The monoisotopic (exact) mass is 126 g/mol. The first-order chi connectivity index (χ1) is 3.70. The van der Waals surface area contributed by atoms with Crippen molar-refractivity contribution >= 4 is 11.3 Å². The molecule has 0 aromatic carbocycles. The average Bonchev–Trinajstić information content (AvgIpc) is 1.85. The number of thiazole rings is 1. The van der Waals surface area contributed by atoms with Crippen LogP contribution < -0.4 is 0 Å². The predicted octanol–water partition coefficient (Wildman–Crippen LogP) is 1.94. The van der Waals surface area contributed by atoms with Gasteiger partial charge in [-0.15, -0.1) is 11.3 Å². The fraction of sp³-hybridized carbons (Fsp3) is 0.333. The van der Waals surface area contributed by atoms with Crippen molar-refractivity contribution < 1.29 is 0 Å². The van der Waals surface area contributed by atoms with Gasteiger partial charge in [-0.25, -0.2) is 4.98 Å². The third-order valence-electron chi connectivity index (χ3n) is 1.000. The zero-order valence-electron chi connectivity index (χ0n) is 5.06. The fourth-order valence-corrected chi connectivity index (χ4v) is 1.33. The molecule has 1 radical (unpaired) electrons. The Bertz CT molecular complexity index is 171. The second kappa shape index (κ2) is 1.86. The Labute approximate surface area is 53.4 Å². The van der Waals surface area contributed by atoms with Crippen molar-refractivity contribution in [3.63, 3.8) is 0 Å². The summed E-state index contributed by atoms with van der Waals surface area (Å²) in [5.41, 5.74) is 0.924. The molecule has 0 saturated carbocycles. The van der Waals surface area contributed by atoms with E-state index in [0.29, 0.717) is 0 Å². The summed E-state index contributed by atoms with van der Waals surface area (Å²) in [6, 6.07) is 0. The standard InChI is InChI=1S/C6H8NS/c1-4-5(2)8-6(3)7-4/h1H2,2-3H3. The van der Waals surface area contributed by atoms with E-state index in [2.05, 4.69) is 11.9 Å². The number of hydrogen-bond acceptors (Lipinski definition) is 2. The summed E-state index contributed by atoms with van der Waals surface area (Å²) >= 11 is 1.70. The highest BCUT2D eigenvalue weighted by Crippen LogP contribution is 2.14. The van der Waals surface area contributed by atoms with Gasteiger partial charge in [0.25, 0.3) is 0 Å². The van der Waals surface area contributed by atoms with E-state index >= 15 is 0 Å². The molecule has 0 fully saturated rings. The molecule has 1 heterocycles. The Balaban J connectivity index is 3.14. The van der Waals surface area contributed by atoms with E-state index in [1.807, 2.05) is 13.8 Å². The lowest BCUT2D eigenvalue weighted by Crippen LogP contribution is -1.71. The zero-order valence-corrected chi connectivity index (χ0v) is 5.88. The molecule has 0 saturated heterocycles. The number of aryl methyl sites for hydroxylation is 2. The van der Waals surface area contributed by atoms with Crippen LogP contribution in [0.25, 0.3) is 0 Å². The van der Waals surface area contributed by atoms with Crippen LogP contribution in [0.2, 0.25) is 0 Å². The van der Waals surface area contributed by atoms with Gasteiger partial charge < -0.3 is 0 Å². The smallest absolute Gasteiger partial charge is 0.0900 e. The summed E-state index contributed by atoms with van der Waals surface area (Å²) in [7, 11) is 0. The molecule has 0 aliphatic rings. The van der Waals surface area contributed by atoms with Crippen LogP contribution in [-0.4, -0.2) is 4.98 Å². The van der Waals surface area contributed by atoms with Gasteiger partial charge in [-0.3, -0.25) is 0 Å². The molecule has 2 heteroatoms. The van der Waals surface area contributed by atoms with Crippen molar-refractivity contribution in [3.05, 3.63) is 22.5 Å². The Hall–Kier alpha value is -0.370. The lowest BCUT2D eigenvalue weighted by Gasteiger charge is -1.77. The van der Waals surface area contributed by atoms with Gasteiger partial charge >= 0.3 is 0 Å². The van der Waals surface area contributed by atoms with E-state index in [9.17, 15) is 0 Å². The Morgan fingerprint density at radius 3 is 2.25 bits per heavy atom. The van der Waals surface area contributed by atoms with E-state index in [4.69, 9.17) is 0 Å². The molecule has 8 heavy (non-hydrogen) atoms. The van der Waals surface area contributed by atoms with Crippen LogP contribution in [0.4, 0.5) is 0 Å². The summed E-state index contributed by atoms with van der Waals surface area (Å²) < 4.78 is 0. The third kappa shape index (κ3) is 0.892. The summed E-state index contributed by atoms with van der Waals surface area (Å²) in [6.45, 7) is 7.77. The second-order valence-corrected chi connectivity index (χ2v) is 3.14. The van der Waals surface area contributed by atoms with Gasteiger partial charge in [0, 0.05) is 4.88 Å². The van der Waals surface area contributed by atoms with Crippen molar-refractivity contribution in [1.82, 2.24) is 4.98 Å². The topological polar surface area (TPSA) is 12.9 Å². The minimum absolute atomic E-state index is 0.924. The Morgan fingerprint density at radius 1 is 1.50 bits per heavy atom. The first-order valence-corrected chi connectivity index (χ1v) is 3.28.